The molecule has 2 N–H and O–H groups in total. The Morgan fingerprint density at radius 3 is 2.46 bits per heavy atom. The number of esters is 2. The van der Waals surface area contributed by atoms with Crippen molar-refractivity contribution in [3.8, 4) is 0 Å². The molecule has 3 aliphatic carbocycles. The number of ether oxygens (including phenoxy) is 3. The van der Waals surface area contributed by atoms with E-state index in [0.717, 1.165) is 5.56 Å². The van der Waals surface area contributed by atoms with Crippen LogP contribution in [-0.4, -0.2) is 64.6 Å². The molecule has 0 unspecified atom stereocenters. The minimum Gasteiger partial charge on any atom is -0.472 e. The zero-order chi connectivity index (χ0) is 30.3. The van der Waals surface area contributed by atoms with E-state index in [4.69, 9.17) is 18.6 Å². The van der Waals surface area contributed by atoms with Gasteiger partial charge in [0.2, 0.25) is 0 Å². The first-order valence-electron chi connectivity index (χ1n) is 14.6. The van der Waals surface area contributed by atoms with E-state index in [1.807, 2.05) is 26.8 Å². The van der Waals surface area contributed by atoms with Crippen LogP contribution in [0, 0.1) is 28.1 Å². The first-order valence-corrected chi connectivity index (χ1v) is 14.6. The summed E-state index contributed by atoms with van der Waals surface area (Å²) in [5, 5.41) is 24.8. The molecule has 0 radical (unpaired) electrons. The van der Waals surface area contributed by atoms with Gasteiger partial charge in [-0.1, -0.05) is 48.1 Å². The number of hydrogen-bond donors (Lipinski definition) is 2. The van der Waals surface area contributed by atoms with E-state index in [9.17, 15) is 24.6 Å². The molecule has 2 bridgehead atoms. The predicted molar refractivity (Wildman–Crippen MR) is 147 cm³/mol. The van der Waals surface area contributed by atoms with Crippen molar-refractivity contribution in [1.29, 1.82) is 0 Å². The molecule has 1 saturated heterocycles. The Labute approximate surface area is 241 Å². The molecule has 9 heteroatoms. The van der Waals surface area contributed by atoms with Gasteiger partial charge < -0.3 is 28.8 Å². The van der Waals surface area contributed by atoms with Crippen molar-refractivity contribution in [2.75, 3.05) is 7.11 Å². The van der Waals surface area contributed by atoms with Gasteiger partial charge in [0.25, 0.3) is 0 Å². The summed E-state index contributed by atoms with van der Waals surface area (Å²) in [5.74, 6) is -2.43. The lowest BCUT2D eigenvalue weighted by molar-refractivity contribution is -0.358. The van der Waals surface area contributed by atoms with Crippen molar-refractivity contribution in [1.82, 2.24) is 0 Å². The highest BCUT2D eigenvalue weighted by molar-refractivity contribution is 5.83. The van der Waals surface area contributed by atoms with Crippen molar-refractivity contribution in [2.45, 2.75) is 109 Å². The highest BCUT2D eigenvalue weighted by atomic mass is 16.6. The van der Waals surface area contributed by atoms with Gasteiger partial charge in [-0.3, -0.25) is 14.4 Å². The minimum atomic E-state index is -1.60. The van der Waals surface area contributed by atoms with Crippen LogP contribution >= 0.6 is 0 Å². The van der Waals surface area contributed by atoms with E-state index in [1.54, 1.807) is 26.4 Å². The summed E-state index contributed by atoms with van der Waals surface area (Å²) in [5.41, 5.74) is -4.55. The third-order valence-electron chi connectivity index (χ3n) is 11.6. The number of aliphatic hydroxyl groups is 2. The first-order chi connectivity index (χ1) is 19.0. The lowest BCUT2D eigenvalue weighted by Gasteiger charge is -2.74. The number of ketones is 1. The molecule has 1 aliphatic heterocycles. The average molecular weight is 573 g/mol. The Kier molecular flexibility index (Phi) is 6.95. The highest BCUT2D eigenvalue weighted by Crippen LogP contribution is 2.73. The number of carbonyl (C=O) groups is 3. The second-order valence-corrected chi connectivity index (χ2v) is 14.1. The van der Waals surface area contributed by atoms with Crippen molar-refractivity contribution >= 4 is 17.7 Å². The largest absolute Gasteiger partial charge is 0.472 e. The summed E-state index contributed by atoms with van der Waals surface area (Å²) in [7, 11) is 1.30. The van der Waals surface area contributed by atoms with Gasteiger partial charge >= 0.3 is 11.9 Å². The number of carbonyl (C=O) groups excluding carboxylic acids is 3. The monoisotopic (exact) mass is 572 g/mol. The van der Waals surface area contributed by atoms with Crippen LogP contribution in [0.4, 0.5) is 0 Å². The number of hydrogen-bond acceptors (Lipinski definition) is 9. The zero-order valence-corrected chi connectivity index (χ0v) is 25.2. The standard InChI is InChI=1S/C32H44O9/c1-17(2)27(36)40-24-25(35)28(4,5)22(14-23(34)38-8)30(7)26(24)41-32-15-20(33)13-21(19-9-12-39-16-19)29(32,6)10-11-31(30,37)18(32)3/h9,12,16-17,21-22,24-26,35,37H,3,10-11,13-15H2,1-2,4-8H3/t21-,22-,24-,25-,26-,29-,30+,31+,32-/m0/s1. The van der Waals surface area contributed by atoms with E-state index in [2.05, 4.69) is 13.5 Å². The Bertz CT molecular complexity index is 1250. The fraction of sp³-hybridized carbons (Fsp3) is 0.719. The van der Waals surface area contributed by atoms with Crippen LogP contribution in [0.2, 0.25) is 0 Å². The molecule has 5 rings (SSSR count). The molecule has 4 aliphatic rings. The van der Waals surface area contributed by atoms with Crippen LogP contribution in [0.5, 0.6) is 0 Å². The topological polar surface area (TPSA) is 132 Å². The summed E-state index contributed by atoms with van der Waals surface area (Å²) in [6.07, 6.45) is 0.768. The summed E-state index contributed by atoms with van der Waals surface area (Å²) >= 11 is 0. The maximum atomic E-state index is 13.5. The molecule has 3 saturated carbocycles. The van der Waals surface area contributed by atoms with Crippen LogP contribution in [0.3, 0.4) is 0 Å². The molecule has 1 aromatic rings. The van der Waals surface area contributed by atoms with Crippen LogP contribution in [0.15, 0.2) is 35.2 Å². The van der Waals surface area contributed by atoms with E-state index in [1.165, 1.54) is 7.11 Å². The van der Waals surface area contributed by atoms with Gasteiger partial charge in [-0.2, -0.15) is 0 Å². The van der Waals surface area contributed by atoms with E-state index in [-0.39, 0.29) is 31.0 Å². The first kappa shape index (κ1) is 30.0. The SMILES string of the molecule is C=C1[C@]2(O)CC[C@@]3(C)[C@H](c4ccoc4)CC(=O)C[C@]13O[C@H]1[C@@H](OC(=O)C(C)C)[C@H](O)C(C)(C)[C@H](CC(=O)OC)[C@]12C. The Morgan fingerprint density at radius 1 is 1.20 bits per heavy atom. The van der Waals surface area contributed by atoms with E-state index in [0.29, 0.717) is 18.4 Å². The molecular formula is C32H44O9. The fourth-order valence-corrected chi connectivity index (χ4v) is 9.00. The molecule has 226 valence electrons. The summed E-state index contributed by atoms with van der Waals surface area (Å²) in [6.45, 7) is 15.4. The van der Waals surface area contributed by atoms with E-state index < -0.39 is 69.5 Å². The minimum absolute atomic E-state index is 0.00240. The van der Waals surface area contributed by atoms with Crippen molar-refractivity contribution in [3.05, 3.63) is 36.3 Å². The molecule has 4 fully saturated rings. The van der Waals surface area contributed by atoms with Crippen LogP contribution in [-0.2, 0) is 28.6 Å². The Hall–Kier alpha value is -2.49. The van der Waals surface area contributed by atoms with Crippen LogP contribution in [0.1, 0.15) is 85.1 Å². The number of rotatable bonds is 5. The second kappa shape index (κ2) is 9.51. The molecule has 2 heterocycles. The molecule has 41 heavy (non-hydrogen) atoms. The third kappa shape index (κ3) is 3.80. The van der Waals surface area contributed by atoms with Gasteiger partial charge in [0, 0.05) is 36.0 Å². The molecule has 9 nitrogen and oxygen atoms in total. The Morgan fingerprint density at radius 2 is 1.88 bits per heavy atom. The predicted octanol–water partition coefficient (Wildman–Crippen LogP) is 4.11. The van der Waals surface area contributed by atoms with Gasteiger partial charge in [-0.05, 0) is 41.4 Å². The smallest absolute Gasteiger partial charge is 0.308 e. The number of aliphatic hydroxyl groups excluding tert-OH is 1. The van der Waals surface area contributed by atoms with E-state index >= 15 is 0 Å². The Balaban J connectivity index is 1.73. The van der Waals surface area contributed by atoms with Crippen molar-refractivity contribution in [2.24, 2.45) is 28.1 Å². The molecule has 0 aromatic carbocycles. The van der Waals surface area contributed by atoms with Crippen LogP contribution < -0.4 is 0 Å². The van der Waals surface area contributed by atoms with Gasteiger partial charge in [0.1, 0.15) is 17.5 Å². The fourth-order valence-electron chi connectivity index (χ4n) is 9.00. The number of furan rings is 1. The van der Waals surface area contributed by atoms with Gasteiger partial charge in [0.15, 0.2) is 6.10 Å². The lowest BCUT2D eigenvalue weighted by atomic mass is 9.38. The average Bonchev–Trinajstić information content (AvgIpc) is 3.45. The molecule has 1 spiro atoms. The van der Waals surface area contributed by atoms with Crippen LogP contribution in [0.25, 0.3) is 0 Å². The third-order valence-corrected chi connectivity index (χ3v) is 11.6. The van der Waals surface area contributed by atoms with Crippen molar-refractivity contribution < 1.29 is 43.2 Å². The number of fused-ring (bicyclic) bond motifs is 3. The van der Waals surface area contributed by atoms with Gasteiger partial charge in [-0.25, -0.2) is 0 Å². The maximum Gasteiger partial charge on any atom is 0.308 e. The normalized spacial score (nSPS) is 43.2. The molecule has 9 atom stereocenters. The highest BCUT2D eigenvalue weighted by Gasteiger charge is 2.79. The maximum absolute atomic E-state index is 13.5. The van der Waals surface area contributed by atoms with Gasteiger partial charge in [0.05, 0.1) is 37.3 Å². The summed E-state index contributed by atoms with van der Waals surface area (Å²) in [4.78, 5) is 39.3. The molecule has 0 amide bonds. The zero-order valence-electron chi connectivity index (χ0n) is 25.2. The summed E-state index contributed by atoms with van der Waals surface area (Å²) in [6, 6.07) is 1.85. The lowest BCUT2D eigenvalue weighted by Crippen LogP contribution is -2.82. The summed E-state index contributed by atoms with van der Waals surface area (Å²) < 4.78 is 23.6. The van der Waals surface area contributed by atoms with Gasteiger partial charge in [-0.15, -0.1) is 0 Å². The number of Topliss-reactive ketones (excluding diaryl/α,β-unsaturated/α-hetero) is 1. The molecule has 1 aromatic heterocycles. The van der Waals surface area contributed by atoms with Crippen molar-refractivity contribution in [3.63, 3.8) is 0 Å². The second-order valence-electron chi connectivity index (χ2n) is 14.1. The number of methoxy groups -OCH3 is 1. The molecular weight excluding hydrogens is 528 g/mol. The quantitative estimate of drug-likeness (QED) is 0.395.